The molecule has 0 heterocycles. The van der Waals surface area contributed by atoms with E-state index in [1.54, 1.807) is 24.3 Å². The van der Waals surface area contributed by atoms with E-state index in [0.29, 0.717) is 21.4 Å². The smallest absolute Gasteiger partial charge is 0.306 e. The number of esters is 1. The van der Waals surface area contributed by atoms with Crippen molar-refractivity contribution in [2.75, 3.05) is 17.2 Å². The van der Waals surface area contributed by atoms with Crippen LogP contribution >= 0.6 is 46.4 Å². The van der Waals surface area contributed by atoms with Gasteiger partial charge in [0.15, 0.2) is 6.61 Å². The second-order valence-electron chi connectivity index (χ2n) is 5.49. The van der Waals surface area contributed by atoms with Gasteiger partial charge in [-0.1, -0.05) is 52.5 Å². The molecule has 0 unspecified atom stereocenters. The molecule has 0 saturated heterocycles. The third kappa shape index (κ3) is 6.87. The fraction of sp³-hybridized carbons (Fsp3) is 0.167. The zero-order valence-corrected chi connectivity index (χ0v) is 17.3. The fourth-order valence-electron chi connectivity index (χ4n) is 2.02. The van der Waals surface area contributed by atoms with Crippen molar-refractivity contribution in [3.63, 3.8) is 0 Å². The molecule has 2 aromatic carbocycles. The predicted molar refractivity (Wildman–Crippen MR) is 110 cm³/mol. The third-order valence-electron chi connectivity index (χ3n) is 3.35. The summed E-state index contributed by atoms with van der Waals surface area (Å²) < 4.78 is 4.84. The molecule has 2 aromatic rings. The Hall–Kier alpha value is -1.99. The van der Waals surface area contributed by atoms with Crippen LogP contribution in [0.3, 0.4) is 0 Å². The number of carbonyl (C=O) groups is 3. The molecule has 0 radical (unpaired) electrons. The highest BCUT2D eigenvalue weighted by atomic mass is 35.5. The lowest BCUT2D eigenvalue weighted by atomic mass is 10.2. The van der Waals surface area contributed by atoms with Crippen LogP contribution in [-0.4, -0.2) is 24.4 Å². The topological polar surface area (TPSA) is 84.5 Å². The standard InChI is InChI=1S/C18H14Cl4N2O4/c19-11-5-4-10(8-13(11)21)23-16(26)9-28-17(27)7-6-15(25)24-14-3-1-2-12(20)18(14)22/h1-5,8H,6-7,9H2,(H,23,26)(H,24,25). The highest BCUT2D eigenvalue weighted by molar-refractivity contribution is 6.44. The minimum absolute atomic E-state index is 0.143. The summed E-state index contributed by atoms with van der Waals surface area (Å²) in [5.74, 6) is -1.69. The lowest BCUT2D eigenvalue weighted by molar-refractivity contribution is -0.147. The monoisotopic (exact) mass is 462 g/mol. The molecular weight excluding hydrogens is 450 g/mol. The van der Waals surface area contributed by atoms with Gasteiger partial charge in [-0.3, -0.25) is 14.4 Å². The van der Waals surface area contributed by atoms with E-state index in [9.17, 15) is 14.4 Å². The zero-order chi connectivity index (χ0) is 20.7. The molecule has 148 valence electrons. The van der Waals surface area contributed by atoms with Crippen molar-refractivity contribution in [1.82, 2.24) is 0 Å². The van der Waals surface area contributed by atoms with Crippen molar-refractivity contribution < 1.29 is 19.1 Å². The molecule has 2 N–H and O–H groups in total. The van der Waals surface area contributed by atoms with Crippen LogP contribution in [0.25, 0.3) is 0 Å². The summed E-state index contributed by atoms with van der Waals surface area (Å²) >= 11 is 23.5. The van der Waals surface area contributed by atoms with Gasteiger partial charge in [-0.25, -0.2) is 0 Å². The van der Waals surface area contributed by atoms with Crippen molar-refractivity contribution in [3.05, 3.63) is 56.5 Å². The van der Waals surface area contributed by atoms with E-state index in [2.05, 4.69) is 10.6 Å². The Balaban J connectivity index is 1.73. The molecule has 0 saturated carbocycles. The summed E-state index contributed by atoms with van der Waals surface area (Å²) in [6, 6.07) is 9.34. The summed E-state index contributed by atoms with van der Waals surface area (Å²) in [4.78, 5) is 35.4. The normalized spacial score (nSPS) is 10.3. The zero-order valence-electron chi connectivity index (χ0n) is 14.2. The number of anilines is 2. The van der Waals surface area contributed by atoms with Gasteiger partial charge in [0.1, 0.15) is 0 Å². The molecule has 0 aliphatic heterocycles. The van der Waals surface area contributed by atoms with Crippen LogP contribution in [0.4, 0.5) is 11.4 Å². The Morgan fingerprint density at radius 3 is 2.29 bits per heavy atom. The molecule has 0 aromatic heterocycles. The van der Waals surface area contributed by atoms with Gasteiger partial charge < -0.3 is 15.4 Å². The second-order valence-corrected chi connectivity index (χ2v) is 7.09. The lowest BCUT2D eigenvalue weighted by Gasteiger charge is -2.09. The Kier molecular flexibility index (Phi) is 8.38. The van der Waals surface area contributed by atoms with Crippen LogP contribution in [0.2, 0.25) is 20.1 Å². The van der Waals surface area contributed by atoms with Gasteiger partial charge in [0.25, 0.3) is 5.91 Å². The van der Waals surface area contributed by atoms with Crippen molar-refractivity contribution in [3.8, 4) is 0 Å². The van der Waals surface area contributed by atoms with E-state index in [1.807, 2.05) is 0 Å². The van der Waals surface area contributed by atoms with Gasteiger partial charge >= 0.3 is 5.97 Å². The van der Waals surface area contributed by atoms with E-state index in [4.69, 9.17) is 51.1 Å². The van der Waals surface area contributed by atoms with Crippen molar-refractivity contribution >= 4 is 75.6 Å². The first kappa shape index (κ1) is 22.3. The van der Waals surface area contributed by atoms with Crippen LogP contribution < -0.4 is 10.6 Å². The minimum atomic E-state index is -0.698. The lowest BCUT2D eigenvalue weighted by Crippen LogP contribution is -2.21. The molecule has 2 rings (SSSR count). The number of benzene rings is 2. The van der Waals surface area contributed by atoms with Crippen molar-refractivity contribution in [1.29, 1.82) is 0 Å². The summed E-state index contributed by atoms with van der Waals surface area (Å²) in [6.07, 6.45) is -0.347. The third-order valence-corrected chi connectivity index (χ3v) is 4.91. The van der Waals surface area contributed by atoms with E-state index >= 15 is 0 Å². The highest BCUT2D eigenvalue weighted by Gasteiger charge is 2.13. The molecule has 0 atom stereocenters. The van der Waals surface area contributed by atoms with Gasteiger partial charge in [-0.2, -0.15) is 0 Å². The maximum Gasteiger partial charge on any atom is 0.306 e. The van der Waals surface area contributed by atoms with E-state index in [-0.39, 0.29) is 22.9 Å². The first-order valence-corrected chi connectivity index (χ1v) is 9.42. The Labute approximate surface area is 181 Å². The van der Waals surface area contributed by atoms with Gasteiger partial charge in [0.05, 0.1) is 32.2 Å². The summed E-state index contributed by atoms with van der Waals surface area (Å²) in [6.45, 7) is -0.499. The van der Waals surface area contributed by atoms with Gasteiger partial charge in [-0.05, 0) is 30.3 Å². The largest absolute Gasteiger partial charge is 0.456 e. The second kappa shape index (κ2) is 10.5. The molecule has 28 heavy (non-hydrogen) atoms. The molecule has 0 aliphatic rings. The Bertz CT molecular complexity index is 905. The summed E-state index contributed by atoms with van der Waals surface area (Å²) in [5.41, 5.74) is 0.752. The van der Waals surface area contributed by atoms with Gasteiger partial charge in [-0.15, -0.1) is 0 Å². The summed E-state index contributed by atoms with van der Waals surface area (Å²) in [7, 11) is 0. The predicted octanol–water partition coefficient (Wildman–Crippen LogP) is 5.20. The highest BCUT2D eigenvalue weighted by Crippen LogP contribution is 2.29. The van der Waals surface area contributed by atoms with E-state index in [0.717, 1.165) is 0 Å². The molecule has 6 nitrogen and oxygen atoms in total. The number of hydrogen-bond acceptors (Lipinski definition) is 4. The molecule has 0 fully saturated rings. The van der Waals surface area contributed by atoms with Crippen LogP contribution in [0.15, 0.2) is 36.4 Å². The van der Waals surface area contributed by atoms with Gasteiger partial charge in [0, 0.05) is 12.1 Å². The number of halogens is 4. The first-order valence-electron chi connectivity index (χ1n) is 7.90. The number of carbonyl (C=O) groups excluding carboxylic acids is 3. The molecule has 0 bridgehead atoms. The Morgan fingerprint density at radius 2 is 1.57 bits per heavy atom. The number of rotatable bonds is 7. The molecule has 0 aliphatic carbocycles. The minimum Gasteiger partial charge on any atom is -0.456 e. The number of ether oxygens (including phenoxy) is 1. The molecular formula is C18H14Cl4N2O4. The maximum absolute atomic E-state index is 11.9. The summed E-state index contributed by atoms with van der Waals surface area (Å²) in [5, 5.41) is 6.19. The van der Waals surface area contributed by atoms with Crippen LogP contribution in [0, 0.1) is 0 Å². The molecule has 10 heteroatoms. The van der Waals surface area contributed by atoms with E-state index in [1.165, 1.54) is 12.1 Å². The SMILES string of the molecule is O=C(COC(=O)CCC(=O)Nc1cccc(Cl)c1Cl)Nc1ccc(Cl)c(Cl)c1. The Morgan fingerprint density at radius 1 is 0.821 bits per heavy atom. The number of hydrogen-bond donors (Lipinski definition) is 2. The molecule has 0 spiro atoms. The van der Waals surface area contributed by atoms with Crippen molar-refractivity contribution in [2.45, 2.75) is 12.8 Å². The van der Waals surface area contributed by atoms with E-state index < -0.39 is 24.4 Å². The maximum atomic E-state index is 11.9. The first-order chi connectivity index (χ1) is 13.3. The van der Waals surface area contributed by atoms with Crippen LogP contribution in [-0.2, 0) is 19.1 Å². The van der Waals surface area contributed by atoms with Crippen LogP contribution in [0.5, 0.6) is 0 Å². The van der Waals surface area contributed by atoms with Crippen LogP contribution in [0.1, 0.15) is 12.8 Å². The van der Waals surface area contributed by atoms with Crippen molar-refractivity contribution in [2.24, 2.45) is 0 Å². The average molecular weight is 464 g/mol. The van der Waals surface area contributed by atoms with Gasteiger partial charge in [0.2, 0.25) is 5.91 Å². The number of nitrogens with one attached hydrogen (secondary N) is 2. The average Bonchev–Trinajstić information content (AvgIpc) is 2.65. The number of amides is 2. The molecule has 2 amide bonds. The fourth-order valence-corrected chi connectivity index (χ4v) is 2.66. The quantitative estimate of drug-likeness (QED) is 0.552.